The summed E-state index contributed by atoms with van der Waals surface area (Å²) >= 11 is 3.09. The van der Waals surface area contributed by atoms with Crippen molar-refractivity contribution in [2.45, 2.75) is 0 Å². The summed E-state index contributed by atoms with van der Waals surface area (Å²) in [7, 11) is 0. The molecule has 2 heterocycles. The molecule has 92 valence electrons. The van der Waals surface area contributed by atoms with E-state index in [1.165, 1.54) is 30.7 Å². The molecule has 2 N–H and O–H groups in total. The normalized spacial score (nSPS) is 10.1. The number of carboxylic acids is 1. The van der Waals surface area contributed by atoms with Gasteiger partial charge in [-0.05, 0) is 34.1 Å². The molecule has 18 heavy (non-hydrogen) atoms. The Balaban J connectivity index is 2.13. The number of nitrogens with one attached hydrogen (secondary N) is 1. The van der Waals surface area contributed by atoms with Crippen LogP contribution in [0, 0.1) is 0 Å². The molecule has 0 atom stereocenters. The quantitative estimate of drug-likeness (QED) is 0.908. The Bertz CT molecular complexity index is 591. The van der Waals surface area contributed by atoms with E-state index < -0.39 is 11.9 Å². The zero-order valence-corrected chi connectivity index (χ0v) is 10.5. The average Bonchev–Trinajstić information content (AvgIpc) is 2.76. The maximum absolute atomic E-state index is 11.8. The van der Waals surface area contributed by atoms with E-state index in [-0.39, 0.29) is 11.4 Å². The molecule has 0 saturated heterocycles. The first-order chi connectivity index (χ1) is 8.58. The van der Waals surface area contributed by atoms with E-state index >= 15 is 0 Å². The lowest BCUT2D eigenvalue weighted by molar-refractivity contribution is 0.0696. The molecule has 0 aromatic carbocycles. The summed E-state index contributed by atoms with van der Waals surface area (Å²) in [5.41, 5.74) is 0.386. The van der Waals surface area contributed by atoms with E-state index in [2.05, 4.69) is 26.2 Å². The predicted octanol–water partition coefficient (Wildman–Crippen LogP) is 2.39. The van der Waals surface area contributed by atoms with Crippen molar-refractivity contribution < 1.29 is 19.1 Å². The van der Waals surface area contributed by atoms with Crippen LogP contribution in [0.4, 0.5) is 5.82 Å². The number of carboxylic acid groups (broad SMARTS) is 1. The molecular formula is C11H7BrN2O4. The monoisotopic (exact) mass is 310 g/mol. The van der Waals surface area contributed by atoms with Gasteiger partial charge in [0.25, 0.3) is 5.91 Å². The van der Waals surface area contributed by atoms with Crippen LogP contribution in [0.15, 0.2) is 39.7 Å². The zero-order valence-electron chi connectivity index (χ0n) is 8.88. The summed E-state index contributed by atoms with van der Waals surface area (Å²) in [6.07, 6.45) is 2.54. The van der Waals surface area contributed by atoms with E-state index in [9.17, 15) is 9.59 Å². The summed E-state index contributed by atoms with van der Waals surface area (Å²) in [6.45, 7) is 0. The molecule has 1 amide bonds. The molecule has 0 aliphatic carbocycles. The first kappa shape index (κ1) is 12.3. The Morgan fingerprint density at radius 3 is 2.61 bits per heavy atom. The van der Waals surface area contributed by atoms with Gasteiger partial charge in [0.2, 0.25) is 0 Å². The van der Waals surface area contributed by atoms with Crippen LogP contribution >= 0.6 is 15.9 Å². The van der Waals surface area contributed by atoms with Gasteiger partial charge in [-0.15, -0.1) is 0 Å². The molecule has 0 unspecified atom stereocenters. The van der Waals surface area contributed by atoms with E-state index in [0.29, 0.717) is 10.2 Å². The molecule has 2 aromatic heterocycles. The van der Waals surface area contributed by atoms with Crippen molar-refractivity contribution in [3.05, 3.63) is 46.5 Å². The number of hydrogen-bond acceptors (Lipinski definition) is 4. The molecular weight excluding hydrogens is 304 g/mol. The van der Waals surface area contributed by atoms with Crippen LogP contribution in [-0.4, -0.2) is 22.0 Å². The number of aromatic nitrogens is 1. The van der Waals surface area contributed by atoms with Crippen molar-refractivity contribution in [3.63, 3.8) is 0 Å². The lowest BCUT2D eigenvalue weighted by Crippen LogP contribution is -2.12. The third-order valence-electron chi connectivity index (χ3n) is 2.11. The number of carbonyl (C=O) groups is 2. The van der Waals surface area contributed by atoms with Gasteiger partial charge in [-0.3, -0.25) is 4.79 Å². The van der Waals surface area contributed by atoms with Crippen molar-refractivity contribution >= 4 is 33.6 Å². The number of pyridine rings is 1. The largest absolute Gasteiger partial charge is 0.478 e. The predicted molar refractivity (Wildman–Crippen MR) is 65.6 cm³/mol. The number of halogens is 1. The fourth-order valence-corrected chi connectivity index (χ4v) is 1.65. The van der Waals surface area contributed by atoms with Gasteiger partial charge in [0.15, 0.2) is 4.67 Å². The smallest absolute Gasteiger partial charge is 0.337 e. The lowest BCUT2D eigenvalue weighted by Gasteiger charge is -2.03. The van der Waals surface area contributed by atoms with Crippen molar-refractivity contribution in [1.29, 1.82) is 0 Å². The second kappa shape index (κ2) is 5.01. The van der Waals surface area contributed by atoms with E-state index in [0.717, 1.165) is 0 Å². The molecule has 2 aromatic rings. The molecule has 0 aliphatic rings. The van der Waals surface area contributed by atoms with Crippen LogP contribution in [0.5, 0.6) is 0 Å². The Morgan fingerprint density at radius 2 is 2.11 bits per heavy atom. The summed E-state index contributed by atoms with van der Waals surface area (Å²) in [5.74, 6) is -1.21. The number of aromatic carboxylic acids is 1. The van der Waals surface area contributed by atoms with Gasteiger partial charge in [0.1, 0.15) is 5.82 Å². The first-order valence-corrected chi connectivity index (χ1v) is 5.61. The fraction of sp³-hybridized carbons (Fsp3) is 0. The van der Waals surface area contributed by atoms with E-state index in [1.807, 2.05) is 0 Å². The maximum Gasteiger partial charge on any atom is 0.337 e. The van der Waals surface area contributed by atoms with Crippen molar-refractivity contribution in [3.8, 4) is 0 Å². The Kier molecular flexibility index (Phi) is 3.42. The Hall–Kier alpha value is -2.15. The minimum Gasteiger partial charge on any atom is -0.478 e. The Labute approximate surface area is 110 Å². The zero-order chi connectivity index (χ0) is 13.1. The second-order valence-corrected chi connectivity index (χ2v) is 4.02. The van der Waals surface area contributed by atoms with Gasteiger partial charge in [0.05, 0.1) is 17.4 Å². The molecule has 0 spiro atoms. The summed E-state index contributed by atoms with van der Waals surface area (Å²) in [4.78, 5) is 26.2. The van der Waals surface area contributed by atoms with Crippen molar-refractivity contribution in [2.75, 3.05) is 5.32 Å². The second-order valence-electron chi connectivity index (χ2n) is 3.30. The number of rotatable bonds is 3. The van der Waals surface area contributed by atoms with Gasteiger partial charge >= 0.3 is 5.97 Å². The van der Waals surface area contributed by atoms with Crippen molar-refractivity contribution in [2.24, 2.45) is 0 Å². The third kappa shape index (κ3) is 2.57. The highest BCUT2D eigenvalue weighted by Gasteiger charge is 2.13. The summed E-state index contributed by atoms with van der Waals surface area (Å²) in [5, 5.41) is 11.2. The lowest BCUT2D eigenvalue weighted by atomic mass is 10.3. The van der Waals surface area contributed by atoms with Crippen LogP contribution in [0.25, 0.3) is 0 Å². The molecule has 6 nitrogen and oxygen atoms in total. The summed E-state index contributed by atoms with van der Waals surface area (Å²) in [6, 6.07) is 4.27. The van der Waals surface area contributed by atoms with Gasteiger partial charge in [-0.1, -0.05) is 0 Å². The summed E-state index contributed by atoms with van der Waals surface area (Å²) < 4.78 is 5.25. The fourth-order valence-electron chi connectivity index (χ4n) is 1.23. The molecule has 0 bridgehead atoms. The minimum atomic E-state index is -1.07. The number of nitrogens with zero attached hydrogens (tertiary/aromatic N) is 1. The highest BCUT2D eigenvalue weighted by molar-refractivity contribution is 9.10. The van der Waals surface area contributed by atoms with E-state index in [1.54, 1.807) is 0 Å². The van der Waals surface area contributed by atoms with Crippen LogP contribution in [-0.2, 0) is 0 Å². The highest BCUT2D eigenvalue weighted by atomic mass is 79.9. The van der Waals surface area contributed by atoms with Crippen molar-refractivity contribution in [1.82, 2.24) is 4.98 Å². The topological polar surface area (TPSA) is 92.4 Å². The number of hydrogen-bond donors (Lipinski definition) is 2. The molecule has 2 rings (SSSR count). The Morgan fingerprint density at radius 1 is 1.33 bits per heavy atom. The van der Waals surface area contributed by atoms with Crippen LogP contribution < -0.4 is 5.32 Å². The average molecular weight is 311 g/mol. The molecule has 0 radical (unpaired) electrons. The van der Waals surface area contributed by atoms with Crippen LogP contribution in [0.1, 0.15) is 20.7 Å². The molecule has 0 saturated carbocycles. The number of furan rings is 1. The highest BCUT2D eigenvalue weighted by Crippen LogP contribution is 2.18. The van der Waals surface area contributed by atoms with Gasteiger partial charge in [0, 0.05) is 6.20 Å². The van der Waals surface area contributed by atoms with Gasteiger partial charge in [-0.2, -0.15) is 0 Å². The van der Waals surface area contributed by atoms with Gasteiger partial charge < -0.3 is 14.8 Å². The molecule has 0 fully saturated rings. The first-order valence-electron chi connectivity index (χ1n) is 4.81. The number of carbonyl (C=O) groups excluding carboxylic acids is 1. The molecule has 0 aliphatic heterocycles. The van der Waals surface area contributed by atoms with Gasteiger partial charge in [-0.25, -0.2) is 9.78 Å². The SMILES string of the molecule is O=C(O)c1ccc(NC(=O)c2ccoc2Br)nc1. The number of anilines is 1. The minimum absolute atomic E-state index is 0.0532. The molecule has 7 heteroatoms. The van der Waals surface area contributed by atoms with E-state index in [4.69, 9.17) is 9.52 Å². The van der Waals surface area contributed by atoms with Crippen LogP contribution in [0.3, 0.4) is 0 Å². The number of amides is 1. The standard InChI is InChI=1S/C11H7BrN2O4/c12-9-7(3-4-18-9)10(15)14-8-2-1-6(5-13-8)11(16)17/h1-5H,(H,16,17)(H,13,14,15). The maximum atomic E-state index is 11.8. The third-order valence-corrected chi connectivity index (χ3v) is 2.73. The van der Waals surface area contributed by atoms with Crippen LogP contribution in [0.2, 0.25) is 0 Å².